The van der Waals surface area contributed by atoms with Crippen LogP contribution < -0.4 is 26.4 Å². The van der Waals surface area contributed by atoms with E-state index in [0.29, 0.717) is 18.0 Å². The zero-order valence-corrected chi connectivity index (χ0v) is 37.3. The third kappa shape index (κ3) is 11.8. The fourth-order valence-electron chi connectivity index (χ4n) is 8.87. The summed E-state index contributed by atoms with van der Waals surface area (Å²) in [5, 5.41) is 11.0. The lowest BCUT2D eigenvalue weighted by atomic mass is 9.91. The van der Waals surface area contributed by atoms with Gasteiger partial charge in [-0.3, -0.25) is 24.0 Å². The number of carbonyl (C=O) groups excluding carboxylic acids is 2. The number of para-hydroxylation sites is 1. The molecule has 2 aromatic carbocycles. The number of nitrogens with one attached hydrogen (secondary N) is 2. The minimum absolute atomic E-state index is 0.106. The van der Waals surface area contributed by atoms with Gasteiger partial charge in [0, 0.05) is 101 Å². The highest BCUT2D eigenvalue weighted by Crippen LogP contribution is 2.34. The summed E-state index contributed by atoms with van der Waals surface area (Å²) in [4.78, 5) is 52.7. The first-order chi connectivity index (χ1) is 29.8. The van der Waals surface area contributed by atoms with Gasteiger partial charge in [-0.1, -0.05) is 51.5 Å². The normalized spacial score (nSPS) is 18.4. The average molecular weight is 881 g/mol. The lowest BCUT2D eigenvalue weighted by Crippen LogP contribution is -2.56. The Labute approximate surface area is 367 Å². The van der Waals surface area contributed by atoms with Crippen LogP contribution in [0.1, 0.15) is 88.3 Å². The third-order valence-corrected chi connectivity index (χ3v) is 13.3. The molecule has 2 aromatic heterocycles. The molecule has 1 amide bonds. The van der Waals surface area contributed by atoms with Crippen LogP contribution in [-0.4, -0.2) is 100.0 Å². The summed E-state index contributed by atoms with van der Waals surface area (Å²) in [6.45, 7) is 12.0. The molecular formula is C45H63F3N10O3S. The van der Waals surface area contributed by atoms with Gasteiger partial charge >= 0.3 is 11.9 Å². The number of amides is 1. The lowest BCUT2D eigenvalue weighted by Gasteiger charge is -2.47. The van der Waals surface area contributed by atoms with E-state index < -0.39 is 17.8 Å². The molecule has 0 spiro atoms. The topological polar surface area (TPSA) is 147 Å². The van der Waals surface area contributed by atoms with E-state index in [0.717, 1.165) is 89.4 Å². The van der Waals surface area contributed by atoms with E-state index in [2.05, 4.69) is 48.3 Å². The highest BCUT2D eigenvalue weighted by Gasteiger charge is 2.34. The summed E-state index contributed by atoms with van der Waals surface area (Å²) in [6.07, 6.45) is 9.98. The number of anilines is 3. The molecular weight excluding hydrogens is 818 g/mol. The van der Waals surface area contributed by atoms with Crippen molar-refractivity contribution in [3.05, 3.63) is 70.4 Å². The number of alkyl halides is 3. The molecule has 1 atom stereocenters. The minimum Gasteiger partial charge on any atom is -0.369 e. The SMILES string of the molecule is CC1CCCCC1.CNC(=O)C(CCC=O)n1c(=O)n(C)c2c(N3CC(CN4CCN(C5CCC5)CC4)C3)cccc21.Cc1cc(SN)ccc1Nc1ncc(C(F)(F)F)cn1. The summed E-state index contributed by atoms with van der Waals surface area (Å²) in [5.74, 6) is 1.52. The number of nitrogens with two attached hydrogens (primary N) is 1. The number of piperazine rings is 1. The summed E-state index contributed by atoms with van der Waals surface area (Å²) in [7, 11) is 3.33. The number of imidazole rings is 1. The van der Waals surface area contributed by atoms with Gasteiger partial charge in [-0.15, -0.1) is 0 Å². The van der Waals surface area contributed by atoms with Gasteiger partial charge in [0.25, 0.3) is 0 Å². The monoisotopic (exact) mass is 880 g/mol. The molecule has 2 saturated heterocycles. The average Bonchev–Trinajstić information content (AvgIpc) is 3.49. The number of aryl methyl sites for hydroxylation is 2. The number of likely N-dealkylation sites (N-methyl/N-ethyl adjacent to an activating group) is 1. The van der Waals surface area contributed by atoms with Crippen molar-refractivity contribution in [2.24, 2.45) is 24.0 Å². The fraction of sp³-hybridized carbons (Fsp3) is 0.578. The van der Waals surface area contributed by atoms with Gasteiger partial charge in [-0.25, -0.2) is 14.8 Å². The molecule has 2 aliphatic heterocycles. The molecule has 8 rings (SSSR count). The summed E-state index contributed by atoms with van der Waals surface area (Å²) >= 11 is 1.12. The minimum atomic E-state index is -4.44. The molecule has 4 N–H and O–H groups in total. The Morgan fingerprint density at radius 2 is 1.69 bits per heavy atom. The number of hydrogen-bond donors (Lipinski definition) is 3. The zero-order chi connectivity index (χ0) is 44.4. The Morgan fingerprint density at radius 3 is 2.24 bits per heavy atom. The van der Waals surface area contributed by atoms with Gasteiger partial charge in [0.05, 0.1) is 22.3 Å². The number of hydrogen-bond acceptors (Lipinski definition) is 11. The molecule has 2 aliphatic carbocycles. The van der Waals surface area contributed by atoms with Crippen molar-refractivity contribution in [1.82, 2.24) is 34.2 Å². The van der Waals surface area contributed by atoms with Gasteiger partial charge < -0.3 is 25.2 Å². The molecule has 13 nitrogen and oxygen atoms in total. The quantitative estimate of drug-likeness (QED) is 0.0973. The Bertz CT molecular complexity index is 2140. The van der Waals surface area contributed by atoms with Crippen molar-refractivity contribution in [2.45, 2.75) is 101 Å². The van der Waals surface area contributed by atoms with Crippen molar-refractivity contribution >= 4 is 52.5 Å². The third-order valence-electron chi connectivity index (χ3n) is 12.8. The number of aromatic nitrogens is 4. The largest absolute Gasteiger partial charge is 0.419 e. The molecule has 0 radical (unpaired) electrons. The van der Waals surface area contributed by atoms with E-state index in [-0.39, 0.29) is 24.0 Å². The van der Waals surface area contributed by atoms with Crippen LogP contribution in [0.4, 0.5) is 30.5 Å². The molecule has 4 fully saturated rings. The lowest BCUT2D eigenvalue weighted by molar-refractivity contribution is -0.138. The molecule has 0 bridgehead atoms. The summed E-state index contributed by atoms with van der Waals surface area (Å²) in [6, 6.07) is 11.5. The van der Waals surface area contributed by atoms with Crippen molar-refractivity contribution in [2.75, 3.05) is 63.1 Å². The standard InChI is InChI=1S/C26H38N6O3.C12H11F3N4S.C7H14/c1-27-25(34)23(10-5-15-33)32-22-9-4-8-21(24(22)28(2)26(32)35)31-17-19(18-31)16-29-11-13-30(14-12-29)20-6-3-7-20;1-7-4-9(20-16)2-3-10(7)19-11-17-5-8(6-18-11)12(13,14)15;1-7-5-3-2-4-6-7/h4,8-9,15,19-20,23H,3,5-7,10-14,16-18H2,1-2H3,(H,27,34);2-6H,16H2,1H3,(H,17,18,19);7H,2-6H2,1H3. The van der Waals surface area contributed by atoms with Crippen LogP contribution in [0.25, 0.3) is 11.0 Å². The van der Waals surface area contributed by atoms with Crippen LogP contribution in [-0.2, 0) is 22.8 Å². The van der Waals surface area contributed by atoms with E-state index in [1.807, 2.05) is 25.1 Å². The Morgan fingerprint density at radius 1 is 1.00 bits per heavy atom. The van der Waals surface area contributed by atoms with Gasteiger partial charge in [-0.2, -0.15) is 13.2 Å². The van der Waals surface area contributed by atoms with Gasteiger partial charge in [-0.05, 0) is 79.9 Å². The van der Waals surface area contributed by atoms with Gasteiger partial charge in [0.15, 0.2) is 0 Å². The van der Waals surface area contributed by atoms with Crippen LogP contribution in [0.15, 0.2) is 58.5 Å². The first kappa shape index (κ1) is 47.0. The Hall–Kier alpha value is -4.45. The number of benzene rings is 2. The van der Waals surface area contributed by atoms with Crippen molar-refractivity contribution in [3.63, 3.8) is 0 Å². The molecule has 4 aromatic rings. The highest BCUT2D eigenvalue weighted by atomic mass is 32.2. The molecule has 62 heavy (non-hydrogen) atoms. The van der Waals surface area contributed by atoms with Crippen molar-refractivity contribution in [1.29, 1.82) is 0 Å². The van der Waals surface area contributed by atoms with Crippen molar-refractivity contribution in [3.8, 4) is 0 Å². The Balaban J connectivity index is 0.000000198. The van der Waals surface area contributed by atoms with E-state index in [9.17, 15) is 27.6 Å². The van der Waals surface area contributed by atoms with E-state index in [4.69, 9.17) is 5.14 Å². The maximum atomic E-state index is 13.3. The smallest absolute Gasteiger partial charge is 0.369 e. The molecule has 2 saturated carbocycles. The number of aldehydes is 1. The van der Waals surface area contributed by atoms with Gasteiger partial charge in [0.2, 0.25) is 11.9 Å². The fourth-order valence-corrected chi connectivity index (χ4v) is 9.26. The van der Waals surface area contributed by atoms with Crippen LogP contribution in [0.2, 0.25) is 0 Å². The second-order valence-electron chi connectivity index (χ2n) is 17.2. The second kappa shape index (κ2) is 21.8. The van der Waals surface area contributed by atoms with E-state index >= 15 is 0 Å². The zero-order valence-electron chi connectivity index (χ0n) is 36.5. The number of carbonyl (C=O) groups is 2. The predicted molar refractivity (Wildman–Crippen MR) is 241 cm³/mol. The van der Waals surface area contributed by atoms with Gasteiger partial charge in [0.1, 0.15) is 12.3 Å². The molecule has 1 unspecified atom stereocenters. The van der Waals surface area contributed by atoms with E-state index in [1.54, 1.807) is 35.4 Å². The number of rotatable bonds is 12. The maximum Gasteiger partial charge on any atom is 0.419 e. The van der Waals surface area contributed by atoms with Crippen molar-refractivity contribution < 1.29 is 22.8 Å². The predicted octanol–water partition coefficient (Wildman–Crippen LogP) is 7.31. The maximum absolute atomic E-state index is 13.3. The summed E-state index contributed by atoms with van der Waals surface area (Å²) < 4.78 is 40.3. The highest BCUT2D eigenvalue weighted by molar-refractivity contribution is 7.97. The molecule has 338 valence electrons. The Kier molecular flexibility index (Phi) is 16.5. The van der Waals surface area contributed by atoms with Crippen LogP contribution in [0.5, 0.6) is 0 Å². The van der Waals surface area contributed by atoms with Crippen LogP contribution in [0.3, 0.4) is 0 Å². The van der Waals surface area contributed by atoms with Crippen LogP contribution in [0, 0.1) is 18.8 Å². The molecule has 17 heteroatoms. The summed E-state index contributed by atoms with van der Waals surface area (Å²) in [5.41, 5.74) is 3.13. The van der Waals surface area contributed by atoms with Crippen LogP contribution >= 0.6 is 11.9 Å². The molecule has 4 heterocycles. The number of fused-ring (bicyclic) bond motifs is 1. The first-order valence-electron chi connectivity index (χ1n) is 22.0. The van der Waals surface area contributed by atoms with E-state index in [1.165, 1.54) is 77.5 Å². The first-order valence-corrected chi connectivity index (χ1v) is 22.9. The second-order valence-corrected chi connectivity index (χ2v) is 17.9. The number of nitrogens with zero attached hydrogens (tertiary/aromatic N) is 7. The molecule has 4 aliphatic rings. The number of halogens is 3.